The summed E-state index contributed by atoms with van der Waals surface area (Å²) in [5.74, 6) is 0.869. The number of epoxide rings is 1. The van der Waals surface area contributed by atoms with Gasteiger partial charge < -0.3 is 11.7 Å². The van der Waals surface area contributed by atoms with Gasteiger partial charge in [-0.25, -0.2) is 0 Å². The van der Waals surface area contributed by atoms with Gasteiger partial charge in [-0.2, -0.15) is 6.42 Å². The molecule has 0 aromatic rings. The van der Waals surface area contributed by atoms with Crippen LogP contribution < -0.4 is 0 Å². The molecule has 0 N–H and O–H groups in total. The van der Waals surface area contributed by atoms with Crippen LogP contribution in [-0.4, -0.2) is 12.2 Å². The Morgan fingerprint density at radius 3 is 2.70 bits per heavy atom. The SMILES string of the molecule is [CH2-]CC1CCC2OC2C1.[Ru+]. The maximum atomic E-state index is 5.38. The zero-order chi connectivity index (χ0) is 6.27. The first-order chi connectivity index (χ1) is 4.40. The van der Waals surface area contributed by atoms with Crippen molar-refractivity contribution < 1.29 is 24.2 Å². The van der Waals surface area contributed by atoms with E-state index in [1.165, 1.54) is 19.3 Å². The van der Waals surface area contributed by atoms with Crippen LogP contribution in [0.4, 0.5) is 0 Å². The minimum absolute atomic E-state index is 0. The Labute approximate surface area is 75.3 Å². The van der Waals surface area contributed by atoms with Gasteiger partial charge in [0.1, 0.15) is 0 Å². The maximum Gasteiger partial charge on any atom is 1.00 e. The average molecular weight is 226 g/mol. The average Bonchev–Trinajstić information content (AvgIpc) is 2.64. The molecule has 2 rings (SSSR count). The van der Waals surface area contributed by atoms with Gasteiger partial charge in [-0.3, -0.25) is 0 Å². The van der Waals surface area contributed by atoms with Crippen LogP contribution in [0.25, 0.3) is 0 Å². The van der Waals surface area contributed by atoms with Crippen LogP contribution in [0.5, 0.6) is 0 Å². The van der Waals surface area contributed by atoms with Crippen LogP contribution in [0.2, 0.25) is 0 Å². The van der Waals surface area contributed by atoms with Crippen molar-refractivity contribution in [1.29, 1.82) is 0 Å². The molecule has 0 aromatic carbocycles. The number of ether oxygens (including phenoxy) is 1. The van der Waals surface area contributed by atoms with Crippen molar-refractivity contribution in [3.05, 3.63) is 6.92 Å². The molecule has 3 unspecified atom stereocenters. The van der Waals surface area contributed by atoms with Gasteiger partial charge in [0.2, 0.25) is 0 Å². The summed E-state index contributed by atoms with van der Waals surface area (Å²) in [5, 5.41) is 0. The minimum Gasteiger partial charge on any atom is -0.370 e. The molecular formula is C8H13ORu. The molecule has 1 aliphatic carbocycles. The number of hydrogen-bond acceptors (Lipinski definition) is 1. The van der Waals surface area contributed by atoms with E-state index in [0.29, 0.717) is 12.2 Å². The molecule has 2 heteroatoms. The fraction of sp³-hybridized carbons (Fsp3) is 0.875. The third-order valence-corrected chi connectivity index (χ3v) is 2.52. The van der Waals surface area contributed by atoms with E-state index in [1.54, 1.807) is 0 Å². The van der Waals surface area contributed by atoms with E-state index >= 15 is 0 Å². The number of hydrogen-bond donors (Lipinski definition) is 0. The molecule has 3 atom stereocenters. The molecule has 0 amide bonds. The normalized spacial score (nSPS) is 43.5. The van der Waals surface area contributed by atoms with Gasteiger partial charge in [-0.15, -0.1) is 0 Å². The van der Waals surface area contributed by atoms with Gasteiger partial charge in [-0.05, 0) is 12.8 Å². The summed E-state index contributed by atoms with van der Waals surface area (Å²) in [7, 11) is 0. The fourth-order valence-corrected chi connectivity index (χ4v) is 1.75. The van der Waals surface area contributed by atoms with Crippen molar-refractivity contribution in [3.63, 3.8) is 0 Å². The van der Waals surface area contributed by atoms with E-state index in [9.17, 15) is 0 Å². The summed E-state index contributed by atoms with van der Waals surface area (Å²) in [4.78, 5) is 0. The van der Waals surface area contributed by atoms with Crippen molar-refractivity contribution in [3.8, 4) is 0 Å². The molecule has 1 saturated carbocycles. The smallest absolute Gasteiger partial charge is 0.370 e. The summed E-state index contributed by atoms with van der Waals surface area (Å²) in [6, 6.07) is 0. The summed E-state index contributed by atoms with van der Waals surface area (Å²) < 4.78 is 5.38. The Morgan fingerprint density at radius 1 is 1.30 bits per heavy atom. The number of rotatable bonds is 1. The second kappa shape index (κ2) is 3.32. The van der Waals surface area contributed by atoms with Gasteiger partial charge in [-0.1, -0.05) is 12.3 Å². The van der Waals surface area contributed by atoms with Crippen LogP contribution >= 0.6 is 0 Å². The van der Waals surface area contributed by atoms with Crippen molar-refractivity contribution in [2.45, 2.75) is 37.9 Å². The minimum atomic E-state index is 0. The van der Waals surface area contributed by atoms with Crippen LogP contribution in [0.1, 0.15) is 25.7 Å². The second-order valence-corrected chi connectivity index (χ2v) is 3.18. The predicted molar refractivity (Wildman–Crippen MR) is 36.0 cm³/mol. The molecule has 2 fully saturated rings. The first-order valence-corrected chi connectivity index (χ1v) is 3.85. The summed E-state index contributed by atoms with van der Waals surface area (Å²) in [6.45, 7) is 3.91. The molecule has 1 aliphatic heterocycles. The van der Waals surface area contributed by atoms with Crippen LogP contribution in [0, 0.1) is 12.8 Å². The fourth-order valence-electron chi connectivity index (χ4n) is 1.75. The second-order valence-electron chi connectivity index (χ2n) is 3.18. The molecule has 1 radical (unpaired) electrons. The van der Waals surface area contributed by atoms with E-state index in [2.05, 4.69) is 6.92 Å². The van der Waals surface area contributed by atoms with E-state index < -0.39 is 0 Å². The molecule has 1 saturated heterocycles. The van der Waals surface area contributed by atoms with Gasteiger partial charge in [0.25, 0.3) is 0 Å². The van der Waals surface area contributed by atoms with Crippen molar-refractivity contribution in [2.24, 2.45) is 5.92 Å². The summed E-state index contributed by atoms with van der Waals surface area (Å²) in [5.41, 5.74) is 0. The van der Waals surface area contributed by atoms with E-state index in [-0.39, 0.29) is 19.5 Å². The number of fused-ring (bicyclic) bond motifs is 1. The topological polar surface area (TPSA) is 12.5 Å². The molecule has 0 bridgehead atoms. The molecule has 59 valence electrons. The van der Waals surface area contributed by atoms with Crippen LogP contribution in [0.15, 0.2) is 0 Å². The Kier molecular flexibility index (Phi) is 2.88. The van der Waals surface area contributed by atoms with Crippen molar-refractivity contribution in [2.75, 3.05) is 0 Å². The maximum absolute atomic E-state index is 5.38. The van der Waals surface area contributed by atoms with Crippen LogP contribution in [-0.2, 0) is 24.2 Å². The van der Waals surface area contributed by atoms with Crippen molar-refractivity contribution in [1.82, 2.24) is 0 Å². The van der Waals surface area contributed by atoms with Gasteiger partial charge >= 0.3 is 19.5 Å². The van der Waals surface area contributed by atoms with Crippen molar-refractivity contribution >= 4 is 0 Å². The Bertz CT molecular complexity index is 116. The van der Waals surface area contributed by atoms with E-state index in [1.807, 2.05) is 0 Å². The molecular weight excluding hydrogens is 213 g/mol. The van der Waals surface area contributed by atoms with E-state index in [0.717, 1.165) is 12.3 Å². The third kappa shape index (κ3) is 1.60. The van der Waals surface area contributed by atoms with Gasteiger partial charge in [0.15, 0.2) is 0 Å². The first-order valence-electron chi connectivity index (χ1n) is 3.85. The molecule has 1 nitrogen and oxygen atoms in total. The monoisotopic (exact) mass is 227 g/mol. The Hall–Kier alpha value is 0.583. The third-order valence-electron chi connectivity index (χ3n) is 2.52. The van der Waals surface area contributed by atoms with Gasteiger partial charge in [0.05, 0.1) is 12.2 Å². The molecule has 1 heterocycles. The Morgan fingerprint density at radius 2 is 2.10 bits per heavy atom. The molecule has 10 heavy (non-hydrogen) atoms. The zero-order valence-corrected chi connectivity index (χ0v) is 7.77. The molecule has 0 aromatic heterocycles. The standard InChI is InChI=1S/C8H13O.Ru/c1-2-6-3-4-7-8(5-6)9-7;/h6-8H,1-5H2;/q-1;+1. The zero-order valence-electron chi connectivity index (χ0n) is 6.03. The largest absolute Gasteiger partial charge is 1.00 e. The van der Waals surface area contributed by atoms with E-state index in [4.69, 9.17) is 4.74 Å². The summed E-state index contributed by atoms with van der Waals surface area (Å²) in [6.07, 6.45) is 6.34. The molecule has 2 aliphatic rings. The van der Waals surface area contributed by atoms with Gasteiger partial charge in [0, 0.05) is 0 Å². The van der Waals surface area contributed by atoms with Crippen LogP contribution in [0.3, 0.4) is 0 Å². The Balaban J connectivity index is 0.000000500. The quantitative estimate of drug-likeness (QED) is 0.377. The first kappa shape index (κ1) is 8.68. The predicted octanol–water partition coefficient (Wildman–Crippen LogP) is 1.78. The molecule has 0 spiro atoms. The summed E-state index contributed by atoms with van der Waals surface area (Å²) >= 11 is 0.